The Balaban J connectivity index is 2.26. The van der Waals surface area contributed by atoms with E-state index < -0.39 is 0 Å². The number of hydrogen-bond donors (Lipinski definition) is 2. The molecule has 0 aliphatic heterocycles. The molecule has 0 spiro atoms. The molecule has 0 aliphatic rings. The van der Waals surface area contributed by atoms with Gasteiger partial charge in [0.2, 0.25) is 6.41 Å². The molecule has 1 amide bonds. The molecule has 6 heteroatoms. The number of halogens is 1. The molecule has 3 N–H and O–H groups in total. The molecule has 1 aromatic heterocycles. The number of nitrogens with two attached hydrogens (primary N) is 1. The summed E-state index contributed by atoms with van der Waals surface area (Å²) in [4.78, 5) is 19.4. The highest BCUT2D eigenvalue weighted by Crippen LogP contribution is 2.33. The van der Waals surface area contributed by atoms with Gasteiger partial charge in [0.1, 0.15) is 0 Å². The molecule has 2 aromatic carbocycles. The van der Waals surface area contributed by atoms with Crippen LogP contribution >= 0.6 is 11.6 Å². The maximum atomic E-state index is 10.5. The summed E-state index contributed by atoms with van der Waals surface area (Å²) in [5.41, 5.74) is 8.57. The summed E-state index contributed by atoms with van der Waals surface area (Å²) >= 11 is 6.27. The number of rotatable bonds is 3. The molecule has 0 aliphatic carbocycles. The highest BCUT2D eigenvalue weighted by atomic mass is 35.5. The van der Waals surface area contributed by atoms with Crippen LogP contribution in [0.15, 0.2) is 59.6 Å². The first-order valence-corrected chi connectivity index (χ1v) is 7.26. The molecule has 3 rings (SSSR count). The van der Waals surface area contributed by atoms with E-state index in [0.29, 0.717) is 22.6 Å². The zero-order chi connectivity index (χ0) is 16.2. The summed E-state index contributed by atoms with van der Waals surface area (Å²) in [6, 6.07) is 16.9. The van der Waals surface area contributed by atoms with Gasteiger partial charge >= 0.3 is 0 Å². The fraction of sp³-hybridized carbons (Fsp3) is 0. The van der Waals surface area contributed by atoms with Gasteiger partial charge in [0.25, 0.3) is 0 Å². The van der Waals surface area contributed by atoms with Crippen molar-refractivity contribution < 1.29 is 4.79 Å². The lowest BCUT2D eigenvalue weighted by atomic mass is 10.1. The second-order valence-electron chi connectivity index (χ2n) is 4.79. The van der Waals surface area contributed by atoms with Crippen LogP contribution in [0.5, 0.6) is 0 Å². The second-order valence-corrected chi connectivity index (χ2v) is 5.20. The number of carbonyl (C=O) groups excluding carboxylic acids is 1. The predicted molar refractivity (Wildman–Crippen MR) is 92.7 cm³/mol. The SMILES string of the molecule is NC(=Nc1cc(-c2ccccc2)nc2c(Cl)cccc12)NC=O. The number of para-hydroxylation sites is 1. The maximum absolute atomic E-state index is 10.5. The predicted octanol–water partition coefficient (Wildman–Crippen LogP) is 3.25. The molecule has 3 aromatic rings. The average Bonchev–Trinajstić information content (AvgIpc) is 2.56. The van der Waals surface area contributed by atoms with Crippen LogP contribution in [-0.2, 0) is 4.79 Å². The largest absolute Gasteiger partial charge is 0.369 e. The molecular formula is C17H13ClN4O. The normalized spacial score (nSPS) is 11.4. The van der Waals surface area contributed by atoms with E-state index in [1.165, 1.54) is 0 Å². The first kappa shape index (κ1) is 15.0. The summed E-state index contributed by atoms with van der Waals surface area (Å²) in [5.74, 6) is 0.00601. The van der Waals surface area contributed by atoms with E-state index in [1.54, 1.807) is 6.07 Å². The van der Waals surface area contributed by atoms with Crippen LogP contribution in [0.1, 0.15) is 0 Å². The van der Waals surface area contributed by atoms with Gasteiger partial charge in [-0.15, -0.1) is 0 Å². The van der Waals surface area contributed by atoms with E-state index in [0.717, 1.165) is 16.6 Å². The van der Waals surface area contributed by atoms with Crippen molar-refractivity contribution in [1.82, 2.24) is 10.3 Å². The molecule has 0 fully saturated rings. The van der Waals surface area contributed by atoms with E-state index in [4.69, 9.17) is 17.3 Å². The molecule has 1 heterocycles. The van der Waals surface area contributed by atoms with E-state index in [2.05, 4.69) is 15.3 Å². The highest BCUT2D eigenvalue weighted by Gasteiger charge is 2.10. The van der Waals surface area contributed by atoms with E-state index >= 15 is 0 Å². The number of nitrogens with zero attached hydrogens (tertiary/aromatic N) is 2. The van der Waals surface area contributed by atoms with Gasteiger partial charge in [-0.05, 0) is 12.1 Å². The molecule has 0 unspecified atom stereocenters. The second kappa shape index (κ2) is 6.46. The first-order chi connectivity index (χ1) is 11.2. The van der Waals surface area contributed by atoms with E-state index in [1.807, 2.05) is 48.5 Å². The van der Waals surface area contributed by atoms with Crippen LogP contribution in [0.3, 0.4) is 0 Å². The Morgan fingerprint density at radius 1 is 1.17 bits per heavy atom. The maximum Gasteiger partial charge on any atom is 0.213 e. The molecule has 0 atom stereocenters. The molecule has 0 radical (unpaired) electrons. The van der Waals surface area contributed by atoms with Gasteiger partial charge in [0.05, 0.1) is 21.9 Å². The van der Waals surface area contributed by atoms with Gasteiger partial charge in [-0.25, -0.2) is 9.98 Å². The zero-order valence-corrected chi connectivity index (χ0v) is 12.8. The number of nitrogens with one attached hydrogen (secondary N) is 1. The van der Waals surface area contributed by atoms with Crippen molar-refractivity contribution in [3.05, 3.63) is 59.6 Å². The number of carbonyl (C=O) groups is 1. The minimum atomic E-state index is 0.00601. The summed E-state index contributed by atoms with van der Waals surface area (Å²) in [6.07, 6.45) is 0.479. The number of amides is 1. The summed E-state index contributed by atoms with van der Waals surface area (Å²) in [5, 5.41) is 3.61. The Hall–Kier alpha value is -2.92. The lowest BCUT2D eigenvalue weighted by Crippen LogP contribution is -2.29. The van der Waals surface area contributed by atoms with Gasteiger partial charge in [0, 0.05) is 10.9 Å². The molecule has 23 heavy (non-hydrogen) atoms. The topological polar surface area (TPSA) is 80.4 Å². The van der Waals surface area contributed by atoms with Gasteiger partial charge in [0.15, 0.2) is 5.96 Å². The van der Waals surface area contributed by atoms with Crippen molar-refractivity contribution in [2.45, 2.75) is 0 Å². The minimum Gasteiger partial charge on any atom is -0.369 e. The fourth-order valence-corrected chi connectivity index (χ4v) is 2.48. The Labute approximate surface area is 137 Å². The Kier molecular flexibility index (Phi) is 4.21. The third kappa shape index (κ3) is 3.14. The number of guanidine groups is 1. The summed E-state index contributed by atoms with van der Waals surface area (Å²) in [7, 11) is 0. The monoisotopic (exact) mass is 324 g/mol. The summed E-state index contributed by atoms with van der Waals surface area (Å²) < 4.78 is 0. The Bertz CT molecular complexity index is 894. The van der Waals surface area contributed by atoms with Crippen LogP contribution in [0.2, 0.25) is 5.02 Å². The van der Waals surface area contributed by atoms with Crippen LogP contribution in [0.4, 0.5) is 5.69 Å². The molecule has 0 bridgehead atoms. The number of benzene rings is 2. The first-order valence-electron chi connectivity index (χ1n) is 6.88. The van der Waals surface area contributed by atoms with Crippen molar-refractivity contribution in [2.24, 2.45) is 10.7 Å². The molecule has 5 nitrogen and oxygen atoms in total. The van der Waals surface area contributed by atoms with Crippen molar-refractivity contribution >= 4 is 40.6 Å². The van der Waals surface area contributed by atoms with Crippen molar-refractivity contribution in [3.8, 4) is 11.3 Å². The van der Waals surface area contributed by atoms with E-state index in [9.17, 15) is 4.79 Å². The number of pyridine rings is 1. The summed E-state index contributed by atoms with van der Waals surface area (Å²) in [6.45, 7) is 0. The van der Waals surface area contributed by atoms with E-state index in [-0.39, 0.29) is 5.96 Å². The molecule has 114 valence electrons. The molecule has 0 saturated carbocycles. The minimum absolute atomic E-state index is 0.00601. The van der Waals surface area contributed by atoms with Gasteiger partial charge < -0.3 is 5.73 Å². The van der Waals surface area contributed by atoms with Crippen LogP contribution in [0.25, 0.3) is 22.2 Å². The zero-order valence-electron chi connectivity index (χ0n) is 12.0. The quantitative estimate of drug-likeness (QED) is 0.441. The standard InChI is InChI=1S/C17H13ClN4O/c18-13-8-4-7-12-15(22-17(19)20-10-23)9-14(21-16(12)13)11-5-2-1-3-6-11/h1-10H,(H3,19,20,21,22,23). The van der Waals surface area contributed by atoms with Crippen molar-refractivity contribution in [1.29, 1.82) is 0 Å². The number of fused-ring (bicyclic) bond motifs is 1. The fourth-order valence-electron chi connectivity index (χ4n) is 2.27. The number of aromatic nitrogens is 1. The number of hydrogen-bond acceptors (Lipinski definition) is 3. The lowest BCUT2D eigenvalue weighted by Gasteiger charge is -2.08. The van der Waals surface area contributed by atoms with Gasteiger partial charge in [-0.1, -0.05) is 54.1 Å². The van der Waals surface area contributed by atoms with Crippen molar-refractivity contribution in [3.63, 3.8) is 0 Å². The van der Waals surface area contributed by atoms with Crippen molar-refractivity contribution in [2.75, 3.05) is 0 Å². The third-order valence-corrected chi connectivity index (χ3v) is 3.59. The smallest absolute Gasteiger partial charge is 0.213 e. The Morgan fingerprint density at radius 3 is 2.70 bits per heavy atom. The molecule has 0 saturated heterocycles. The van der Waals surface area contributed by atoms with Crippen LogP contribution < -0.4 is 11.1 Å². The number of aliphatic imine (C=N–C) groups is 1. The average molecular weight is 325 g/mol. The lowest BCUT2D eigenvalue weighted by molar-refractivity contribution is -0.108. The van der Waals surface area contributed by atoms with Gasteiger partial charge in [-0.3, -0.25) is 10.1 Å². The molecular weight excluding hydrogens is 312 g/mol. The Morgan fingerprint density at radius 2 is 1.96 bits per heavy atom. The highest BCUT2D eigenvalue weighted by molar-refractivity contribution is 6.35. The third-order valence-electron chi connectivity index (χ3n) is 3.29. The van der Waals surface area contributed by atoms with Crippen LogP contribution in [0, 0.1) is 0 Å². The van der Waals surface area contributed by atoms with Gasteiger partial charge in [-0.2, -0.15) is 0 Å². The van der Waals surface area contributed by atoms with Crippen LogP contribution in [-0.4, -0.2) is 17.4 Å².